The molecule has 0 aliphatic carbocycles. The third-order valence-electron chi connectivity index (χ3n) is 1.99. The van der Waals surface area contributed by atoms with Crippen molar-refractivity contribution in [2.75, 3.05) is 12.5 Å². The average molecular weight is 164 g/mol. The summed E-state index contributed by atoms with van der Waals surface area (Å²) in [4.78, 5) is 0. The molecule has 0 heterocycles. The SMILES string of the molecule is CCc1cccc(C)c1NNC. The summed E-state index contributed by atoms with van der Waals surface area (Å²) in [5, 5.41) is 0. The lowest BCUT2D eigenvalue weighted by Gasteiger charge is -2.12. The number of hydrogen-bond donors (Lipinski definition) is 2. The highest BCUT2D eigenvalue weighted by Gasteiger charge is 2.00. The Morgan fingerprint density at radius 3 is 2.67 bits per heavy atom. The van der Waals surface area contributed by atoms with Crippen LogP contribution in [-0.2, 0) is 6.42 Å². The second kappa shape index (κ2) is 4.12. The average Bonchev–Trinajstić information content (AvgIpc) is 2.09. The van der Waals surface area contributed by atoms with E-state index in [0.29, 0.717) is 0 Å². The molecule has 0 radical (unpaired) electrons. The van der Waals surface area contributed by atoms with Gasteiger partial charge in [-0.05, 0) is 24.5 Å². The van der Waals surface area contributed by atoms with Crippen LogP contribution in [0.25, 0.3) is 0 Å². The molecule has 0 atom stereocenters. The summed E-state index contributed by atoms with van der Waals surface area (Å²) in [6.45, 7) is 4.27. The largest absolute Gasteiger partial charge is 0.321 e. The Morgan fingerprint density at radius 1 is 1.33 bits per heavy atom. The van der Waals surface area contributed by atoms with Crippen molar-refractivity contribution in [2.45, 2.75) is 20.3 Å². The van der Waals surface area contributed by atoms with Gasteiger partial charge in [0.05, 0.1) is 5.69 Å². The molecule has 12 heavy (non-hydrogen) atoms. The van der Waals surface area contributed by atoms with Crippen LogP contribution in [0.15, 0.2) is 18.2 Å². The van der Waals surface area contributed by atoms with Gasteiger partial charge in [0.25, 0.3) is 0 Å². The Morgan fingerprint density at radius 2 is 2.08 bits per heavy atom. The number of nitrogens with one attached hydrogen (secondary N) is 2. The van der Waals surface area contributed by atoms with Crippen LogP contribution < -0.4 is 10.9 Å². The molecule has 0 fully saturated rings. The number of anilines is 1. The number of para-hydroxylation sites is 1. The van der Waals surface area contributed by atoms with Crippen LogP contribution in [0.1, 0.15) is 18.1 Å². The quantitative estimate of drug-likeness (QED) is 0.668. The second-order valence-corrected chi connectivity index (χ2v) is 2.84. The van der Waals surface area contributed by atoms with Gasteiger partial charge in [0.1, 0.15) is 0 Å². The molecule has 0 spiro atoms. The number of benzene rings is 1. The lowest BCUT2D eigenvalue weighted by molar-refractivity contribution is 0.965. The molecule has 0 saturated heterocycles. The molecule has 1 rings (SSSR count). The molecule has 0 aliphatic heterocycles. The minimum atomic E-state index is 1.06. The van der Waals surface area contributed by atoms with Gasteiger partial charge in [0.2, 0.25) is 0 Å². The van der Waals surface area contributed by atoms with Gasteiger partial charge < -0.3 is 5.43 Å². The summed E-state index contributed by atoms with van der Waals surface area (Å²) >= 11 is 0. The fourth-order valence-corrected chi connectivity index (χ4v) is 1.33. The van der Waals surface area contributed by atoms with Crippen molar-refractivity contribution in [3.8, 4) is 0 Å². The maximum Gasteiger partial charge on any atom is 0.0548 e. The first-order valence-corrected chi connectivity index (χ1v) is 4.30. The lowest BCUT2D eigenvalue weighted by atomic mass is 10.1. The molecule has 2 nitrogen and oxygen atoms in total. The zero-order valence-corrected chi connectivity index (χ0v) is 7.94. The maximum atomic E-state index is 3.15. The summed E-state index contributed by atoms with van der Waals surface area (Å²) in [5.41, 5.74) is 9.94. The topological polar surface area (TPSA) is 24.1 Å². The molecule has 0 aliphatic rings. The van der Waals surface area contributed by atoms with Crippen LogP contribution in [0.5, 0.6) is 0 Å². The minimum absolute atomic E-state index is 1.06. The van der Waals surface area contributed by atoms with Crippen molar-refractivity contribution >= 4 is 5.69 Å². The molecule has 1 aromatic rings. The normalized spacial score (nSPS) is 9.92. The van der Waals surface area contributed by atoms with Crippen molar-refractivity contribution in [1.29, 1.82) is 0 Å². The Balaban J connectivity index is 3.02. The van der Waals surface area contributed by atoms with E-state index in [1.54, 1.807) is 0 Å². The molecular weight excluding hydrogens is 148 g/mol. The summed E-state index contributed by atoms with van der Waals surface area (Å²) in [6.07, 6.45) is 1.06. The van der Waals surface area contributed by atoms with Crippen LogP contribution >= 0.6 is 0 Å². The number of rotatable bonds is 3. The van der Waals surface area contributed by atoms with E-state index in [1.807, 2.05) is 7.05 Å². The van der Waals surface area contributed by atoms with E-state index in [4.69, 9.17) is 0 Å². The predicted octanol–water partition coefficient (Wildman–Crippen LogP) is 2.10. The van der Waals surface area contributed by atoms with Crippen molar-refractivity contribution < 1.29 is 0 Å². The molecule has 0 amide bonds. The summed E-state index contributed by atoms with van der Waals surface area (Å²) in [5.74, 6) is 0. The Labute approximate surface area is 74.0 Å². The van der Waals surface area contributed by atoms with Gasteiger partial charge in [-0.3, -0.25) is 0 Å². The molecule has 0 unspecified atom stereocenters. The number of aryl methyl sites for hydroxylation is 2. The van der Waals surface area contributed by atoms with Crippen molar-refractivity contribution in [3.63, 3.8) is 0 Å². The standard InChI is InChI=1S/C10H16N2/c1-4-9-7-5-6-8(2)10(9)12-11-3/h5-7,11-12H,4H2,1-3H3. The van der Waals surface area contributed by atoms with E-state index in [1.165, 1.54) is 16.8 Å². The zero-order valence-electron chi connectivity index (χ0n) is 7.94. The van der Waals surface area contributed by atoms with E-state index in [9.17, 15) is 0 Å². The second-order valence-electron chi connectivity index (χ2n) is 2.84. The van der Waals surface area contributed by atoms with Gasteiger partial charge in [0, 0.05) is 7.05 Å². The van der Waals surface area contributed by atoms with Gasteiger partial charge in [-0.2, -0.15) is 0 Å². The van der Waals surface area contributed by atoms with E-state index in [-0.39, 0.29) is 0 Å². The van der Waals surface area contributed by atoms with Crippen LogP contribution in [0.3, 0.4) is 0 Å². The van der Waals surface area contributed by atoms with E-state index in [0.717, 1.165) is 6.42 Å². The van der Waals surface area contributed by atoms with Gasteiger partial charge >= 0.3 is 0 Å². The third-order valence-corrected chi connectivity index (χ3v) is 1.99. The highest BCUT2D eigenvalue weighted by atomic mass is 15.3. The summed E-state index contributed by atoms with van der Waals surface area (Å²) < 4.78 is 0. The molecule has 66 valence electrons. The van der Waals surface area contributed by atoms with Crippen LogP contribution in [0, 0.1) is 6.92 Å². The fourth-order valence-electron chi connectivity index (χ4n) is 1.33. The van der Waals surface area contributed by atoms with E-state index in [2.05, 4.69) is 42.9 Å². The molecule has 0 saturated carbocycles. The Kier molecular flexibility index (Phi) is 3.11. The minimum Gasteiger partial charge on any atom is -0.321 e. The smallest absolute Gasteiger partial charge is 0.0548 e. The Bertz CT molecular complexity index is 256. The summed E-state index contributed by atoms with van der Waals surface area (Å²) in [7, 11) is 1.88. The lowest BCUT2D eigenvalue weighted by Crippen LogP contribution is -2.17. The molecule has 1 aromatic carbocycles. The van der Waals surface area contributed by atoms with Crippen LogP contribution in [0.4, 0.5) is 5.69 Å². The highest BCUT2D eigenvalue weighted by molar-refractivity contribution is 5.56. The number of hydrazine groups is 1. The summed E-state index contributed by atoms with van der Waals surface area (Å²) in [6, 6.07) is 6.35. The van der Waals surface area contributed by atoms with Gasteiger partial charge in [-0.15, -0.1) is 0 Å². The molecule has 0 aromatic heterocycles. The molecule has 0 bridgehead atoms. The monoisotopic (exact) mass is 164 g/mol. The highest BCUT2D eigenvalue weighted by Crippen LogP contribution is 2.19. The first-order valence-electron chi connectivity index (χ1n) is 4.30. The first-order chi connectivity index (χ1) is 5.79. The van der Waals surface area contributed by atoms with E-state index < -0.39 is 0 Å². The van der Waals surface area contributed by atoms with Crippen molar-refractivity contribution in [2.24, 2.45) is 0 Å². The Hall–Kier alpha value is -1.02. The van der Waals surface area contributed by atoms with E-state index >= 15 is 0 Å². The molecular formula is C10H16N2. The molecule has 2 heteroatoms. The third kappa shape index (κ3) is 1.77. The van der Waals surface area contributed by atoms with Gasteiger partial charge in [0.15, 0.2) is 0 Å². The first kappa shape index (κ1) is 9.07. The van der Waals surface area contributed by atoms with Crippen LogP contribution in [0.2, 0.25) is 0 Å². The fraction of sp³-hybridized carbons (Fsp3) is 0.400. The maximum absolute atomic E-state index is 3.15. The van der Waals surface area contributed by atoms with Gasteiger partial charge in [-0.25, -0.2) is 5.43 Å². The van der Waals surface area contributed by atoms with Crippen molar-refractivity contribution in [1.82, 2.24) is 5.43 Å². The predicted molar refractivity (Wildman–Crippen MR) is 53.2 cm³/mol. The van der Waals surface area contributed by atoms with Crippen molar-refractivity contribution in [3.05, 3.63) is 29.3 Å². The zero-order chi connectivity index (χ0) is 8.97. The molecule has 2 N–H and O–H groups in total. The van der Waals surface area contributed by atoms with Gasteiger partial charge in [-0.1, -0.05) is 25.1 Å². The number of hydrogen-bond acceptors (Lipinski definition) is 2. The van der Waals surface area contributed by atoms with Crippen LogP contribution in [-0.4, -0.2) is 7.05 Å².